The average molecular weight is 1490 g/mol. The van der Waals surface area contributed by atoms with Gasteiger partial charge in [-0.05, 0) is 31.6 Å². The molecule has 0 saturated carbocycles. The van der Waals surface area contributed by atoms with E-state index in [-0.39, 0.29) is 25.7 Å². The number of esters is 4. The second-order valence-electron chi connectivity index (χ2n) is 30.3. The Morgan fingerprint density at radius 2 is 0.451 bits per heavy atom. The normalized spacial score (nSPS) is 13.8. The van der Waals surface area contributed by atoms with Crippen LogP contribution < -0.4 is 0 Å². The first-order chi connectivity index (χ1) is 49.5. The minimum atomic E-state index is -4.96. The van der Waals surface area contributed by atoms with Crippen molar-refractivity contribution in [2.45, 2.75) is 464 Å². The van der Waals surface area contributed by atoms with E-state index in [1.165, 1.54) is 270 Å². The summed E-state index contributed by atoms with van der Waals surface area (Å²) in [5.41, 5.74) is 0. The molecule has 0 aromatic carbocycles. The molecule has 17 nitrogen and oxygen atoms in total. The van der Waals surface area contributed by atoms with Gasteiger partial charge in [0.05, 0.1) is 26.4 Å². The molecule has 0 amide bonds. The Morgan fingerprint density at radius 1 is 0.265 bits per heavy atom. The van der Waals surface area contributed by atoms with Crippen LogP contribution in [0.5, 0.6) is 0 Å². The number of rotatable bonds is 83. The molecule has 3 N–H and O–H groups in total. The second-order valence-corrected chi connectivity index (χ2v) is 33.3. The number of phosphoric ester groups is 2. The molecule has 2 unspecified atom stereocenters. The molecule has 0 fully saturated rings. The number of ether oxygens (including phenoxy) is 4. The van der Waals surface area contributed by atoms with Gasteiger partial charge in [0, 0.05) is 25.7 Å². The topological polar surface area (TPSA) is 237 Å². The highest BCUT2D eigenvalue weighted by atomic mass is 31.2. The Bertz CT molecular complexity index is 1940. The van der Waals surface area contributed by atoms with Crippen LogP contribution in [0.25, 0.3) is 0 Å². The van der Waals surface area contributed by atoms with Gasteiger partial charge in [-0.25, -0.2) is 9.13 Å². The van der Waals surface area contributed by atoms with E-state index < -0.39 is 97.5 Å². The molecule has 606 valence electrons. The molecule has 0 heterocycles. The molecule has 0 aliphatic heterocycles. The third-order valence-corrected chi connectivity index (χ3v) is 21.4. The first kappa shape index (κ1) is 100. The highest BCUT2D eigenvalue weighted by Gasteiger charge is 2.30. The third kappa shape index (κ3) is 76.3. The Hall–Kier alpha value is -1.94. The summed E-state index contributed by atoms with van der Waals surface area (Å²) < 4.78 is 68.8. The first-order valence-electron chi connectivity index (χ1n) is 43.1. The van der Waals surface area contributed by atoms with Gasteiger partial charge in [-0.2, -0.15) is 0 Å². The molecule has 0 aromatic heterocycles. The predicted molar refractivity (Wildman–Crippen MR) is 418 cm³/mol. The minimum absolute atomic E-state index is 0.108. The molecule has 0 spiro atoms. The lowest BCUT2D eigenvalue weighted by Gasteiger charge is -2.21. The van der Waals surface area contributed by atoms with Crippen LogP contribution in [0.15, 0.2) is 0 Å². The summed E-state index contributed by atoms with van der Waals surface area (Å²) >= 11 is 0. The molecule has 102 heavy (non-hydrogen) atoms. The maximum Gasteiger partial charge on any atom is 0.472 e. The molecule has 0 bridgehead atoms. The lowest BCUT2D eigenvalue weighted by atomic mass is 10.0. The van der Waals surface area contributed by atoms with Gasteiger partial charge in [0.25, 0.3) is 0 Å². The maximum absolute atomic E-state index is 13.1. The summed E-state index contributed by atoms with van der Waals surface area (Å²) in [6, 6.07) is 0. The zero-order chi connectivity index (χ0) is 74.8. The van der Waals surface area contributed by atoms with E-state index in [1.807, 2.05) is 0 Å². The molecule has 0 aromatic rings. The van der Waals surface area contributed by atoms with Crippen LogP contribution in [-0.2, 0) is 65.4 Å². The molecule has 0 aliphatic rings. The molecule has 0 radical (unpaired) electrons. The number of aliphatic hydroxyl groups is 1. The minimum Gasteiger partial charge on any atom is -0.462 e. The summed E-state index contributed by atoms with van der Waals surface area (Å²) in [5, 5.41) is 10.7. The molecule has 0 aliphatic carbocycles. The summed E-state index contributed by atoms with van der Waals surface area (Å²) in [6.45, 7) is 7.31. The van der Waals surface area contributed by atoms with Gasteiger partial charge in [0.15, 0.2) is 12.2 Å². The number of phosphoric acid groups is 2. The Labute approximate surface area is 626 Å². The van der Waals surface area contributed by atoms with E-state index in [9.17, 15) is 43.2 Å². The molecule has 0 rings (SSSR count). The first-order valence-corrected chi connectivity index (χ1v) is 46.1. The fourth-order valence-corrected chi connectivity index (χ4v) is 14.5. The lowest BCUT2D eigenvalue weighted by molar-refractivity contribution is -0.161. The van der Waals surface area contributed by atoms with Crippen molar-refractivity contribution < 1.29 is 80.2 Å². The van der Waals surface area contributed by atoms with Crippen molar-refractivity contribution in [3.05, 3.63) is 0 Å². The van der Waals surface area contributed by atoms with Gasteiger partial charge in [-0.1, -0.05) is 394 Å². The molecular weight excluding hydrogens is 1330 g/mol. The smallest absolute Gasteiger partial charge is 0.462 e. The van der Waals surface area contributed by atoms with Gasteiger partial charge in [0.2, 0.25) is 0 Å². The van der Waals surface area contributed by atoms with Crippen molar-refractivity contribution in [1.29, 1.82) is 0 Å². The maximum atomic E-state index is 13.1. The van der Waals surface area contributed by atoms with E-state index in [2.05, 4.69) is 34.6 Å². The van der Waals surface area contributed by atoms with E-state index in [0.29, 0.717) is 25.7 Å². The average Bonchev–Trinajstić information content (AvgIpc) is 0.919. The summed E-state index contributed by atoms with van der Waals surface area (Å²) in [5.74, 6) is -1.38. The monoisotopic (exact) mass is 1490 g/mol. The lowest BCUT2D eigenvalue weighted by Crippen LogP contribution is -2.30. The zero-order valence-electron chi connectivity index (χ0n) is 66.8. The van der Waals surface area contributed by atoms with Crippen LogP contribution in [0.4, 0.5) is 0 Å². The number of unbranched alkanes of at least 4 members (excludes halogenated alkanes) is 55. The van der Waals surface area contributed by atoms with Crippen molar-refractivity contribution in [2.24, 2.45) is 5.92 Å². The van der Waals surface area contributed by atoms with Crippen molar-refractivity contribution in [1.82, 2.24) is 0 Å². The van der Waals surface area contributed by atoms with Gasteiger partial charge in [-0.15, -0.1) is 0 Å². The summed E-state index contributed by atoms with van der Waals surface area (Å²) in [4.78, 5) is 73.1. The van der Waals surface area contributed by atoms with E-state index in [0.717, 1.165) is 95.8 Å². The molecule has 19 heteroatoms. The highest BCUT2D eigenvalue weighted by molar-refractivity contribution is 7.47. The van der Waals surface area contributed by atoms with Crippen LogP contribution in [0.3, 0.4) is 0 Å². The zero-order valence-corrected chi connectivity index (χ0v) is 68.5. The number of carbonyl (C=O) groups excluding carboxylic acids is 4. The van der Waals surface area contributed by atoms with Crippen molar-refractivity contribution in [3.63, 3.8) is 0 Å². The number of carbonyl (C=O) groups is 4. The number of hydrogen-bond donors (Lipinski definition) is 3. The van der Waals surface area contributed by atoms with Crippen LogP contribution in [0.1, 0.15) is 446 Å². The standard InChI is InChI=1S/C83H162O17P2/c1-6-9-12-15-18-21-24-27-30-31-32-33-34-35-38-41-44-47-54-59-64-69-82(87)99-78(72-93-80(85)66-61-56-51-45-42-39-36-28-25-22-19-16-13-10-7-2)74-97-101(89,90)95-70-77(84)71-96-102(91,92)98-75-79(73-94-81(86)67-62-57-52-49-48-50-55-60-65-76(4)5)100-83(88)68-63-58-53-46-43-40-37-29-26-23-20-17-14-11-8-3/h76-79,84H,6-75H2,1-5H3,(H,89,90)(H,91,92)/t77-,78-,79-/m1/s1. The van der Waals surface area contributed by atoms with Crippen molar-refractivity contribution in [3.8, 4) is 0 Å². The Kier molecular flexibility index (Phi) is 74.4. The van der Waals surface area contributed by atoms with E-state index in [1.54, 1.807) is 0 Å². The third-order valence-electron chi connectivity index (χ3n) is 19.5. The second kappa shape index (κ2) is 75.9. The van der Waals surface area contributed by atoms with E-state index in [4.69, 9.17) is 37.0 Å². The summed E-state index contributed by atoms with van der Waals surface area (Å²) in [7, 11) is -9.92. The van der Waals surface area contributed by atoms with Gasteiger partial charge in [0.1, 0.15) is 19.3 Å². The Balaban J connectivity index is 5.23. The fraction of sp³-hybridized carbons (Fsp3) is 0.952. The van der Waals surface area contributed by atoms with Crippen LogP contribution in [0, 0.1) is 5.92 Å². The van der Waals surface area contributed by atoms with Gasteiger partial charge < -0.3 is 33.8 Å². The molecule has 5 atom stereocenters. The van der Waals surface area contributed by atoms with Gasteiger partial charge in [-0.3, -0.25) is 37.3 Å². The number of hydrogen-bond acceptors (Lipinski definition) is 15. The van der Waals surface area contributed by atoms with Crippen LogP contribution in [-0.4, -0.2) is 96.7 Å². The molecular formula is C83H162O17P2. The van der Waals surface area contributed by atoms with E-state index >= 15 is 0 Å². The fourth-order valence-electron chi connectivity index (χ4n) is 12.9. The predicted octanol–water partition coefficient (Wildman–Crippen LogP) is 25.2. The number of aliphatic hydroxyl groups excluding tert-OH is 1. The Morgan fingerprint density at radius 3 is 0.667 bits per heavy atom. The molecule has 0 saturated heterocycles. The van der Waals surface area contributed by atoms with Crippen molar-refractivity contribution in [2.75, 3.05) is 39.6 Å². The van der Waals surface area contributed by atoms with Gasteiger partial charge >= 0.3 is 39.5 Å². The SMILES string of the molecule is CCCCCCCCCCCCCCCCCCCCCCCC(=O)O[C@H](COC(=O)CCCCCCCCCCCCCCCCC)COP(=O)(O)OC[C@@H](O)COP(=O)(O)OC[C@@H](COC(=O)CCCCCCCCCCC(C)C)OC(=O)CCCCCCCCCCCCCCCCC. The van der Waals surface area contributed by atoms with Crippen LogP contribution in [0.2, 0.25) is 0 Å². The quantitative estimate of drug-likeness (QED) is 0.0222. The van der Waals surface area contributed by atoms with Crippen molar-refractivity contribution >= 4 is 39.5 Å². The largest absolute Gasteiger partial charge is 0.472 e. The van der Waals surface area contributed by atoms with Crippen LogP contribution >= 0.6 is 15.6 Å². The summed E-state index contributed by atoms with van der Waals surface area (Å²) in [6.07, 6.45) is 68.0. The highest BCUT2D eigenvalue weighted by Crippen LogP contribution is 2.45.